The second-order valence-corrected chi connectivity index (χ2v) is 6.74. The Balaban J connectivity index is 1.63. The Hall–Kier alpha value is -2.40. The third kappa shape index (κ3) is 3.82. The molecule has 0 bridgehead atoms. The van der Waals surface area contributed by atoms with Crippen molar-refractivity contribution >= 4 is 29.1 Å². The van der Waals surface area contributed by atoms with Crippen LogP contribution in [-0.2, 0) is 16.1 Å². The molecule has 0 spiro atoms. The summed E-state index contributed by atoms with van der Waals surface area (Å²) in [5.41, 5.74) is 1.41. The van der Waals surface area contributed by atoms with E-state index in [1.807, 2.05) is 31.2 Å². The van der Waals surface area contributed by atoms with Gasteiger partial charge in [0.05, 0.1) is 5.02 Å². The van der Waals surface area contributed by atoms with Gasteiger partial charge in [0, 0.05) is 12.2 Å². The molecule has 0 aromatic heterocycles. The third-order valence-electron chi connectivity index (χ3n) is 4.33. The van der Waals surface area contributed by atoms with Gasteiger partial charge < -0.3 is 10.6 Å². The number of amides is 2. The lowest BCUT2D eigenvalue weighted by Gasteiger charge is -2.16. The number of anilines is 1. The van der Waals surface area contributed by atoms with Gasteiger partial charge in [0.25, 0.3) is 0 Å². The first-order valence-corrected chi connectivity index (χ1v) is 8.39. The molecule has 1 fully saturated rings. The van der Waals surface area contributed by atoms with Crippen LogP contribution in [0.4, 0.5) is 10.1 Å². The van der Waals surface area contributed by atoms with E-state index in [-0.39, 0.29) is 10.9 Å². The largest absolute Gasteiger partial charge is 0.351 e. The predicted octanol–water partition coefficient (Wildman–Crippen LogP) is 3.82. The van der Waals surface area contributed by atoms with E-state index in [1.54, 1.807) is 0 Å². The summed E-state index contributed by atoms with van der Waals surface area (Å²) in [7, 11) is 0. The lowest BCUT2D eigenvalue weighted by Crippen LogP contribution is -2.39. The molecule has 1 aliphatic carbocycles. The normalized spacial score (nSPS) is 14.7. The van der Waals surface area contributed by atoms with Crippen molar-refractivity contribution in [1.29, 1.82) is 0 Å². The van der Waals surface area contributed by atoms with Gasteiger partial charge >= 0.3 is 0 Å². The molecule has 130 valence electrons. The summed E-state index contributed by atoms with van der Waals surface area (Å²) in [6.45, 7) is 2.35. The first kappa shape index (κ1) is 17.4. The first-order chi connectivity index (χ1) is 11.9. The van der Waals surface area contributed by atoms with Crippen molar-refractivity contribution in [3.8, 4) is 0 Å². The number of carbonyl (C=O) groups excluding carboxylic acids is 2. The molecular weight excluding hydrogens is 343 g/mol. The molecule has 2 N–H and O–H groups in total. The summed E-state index contributed by atoms with van der Waals surface area (Å²) in [6, 6.07) is 11.7. The van der Waals surface area contributed by atoms with E-state index in [0.717, 1.165) is 11.1 Å². The second kappa shape index (κ2) is 6.84. The van der Waals surface area contributed by atoms with Crippen molar-refractivity contribution in [1.82, 2.24) is 5.32 Å². The van der Waals surface area contributed by atoms with Crippen LogP contribution in [-0.4, -0.2) is 11.8 Å². The van der Waals surface area contributed by atoms with Gasteiger partial charge in [-0.25, -0.2) is 4.39 Å². The highest BCUT2D eigenvalue weighted by Crippen LogP contribution is 2.47. The maximum Gasteiger partial charge on any atom is 0.240 e. The van der Waals surface area contributed by atoms with Crippen LogP contribution in [0.5, 0.6) is 0 Å². The summed E-state index contributed by atoms with van der Waals surface area (Å²) in [5, 5.41) is 5.40. The van der Waals surface area contributed by atoms with E-state index in [9.17, 15) is 14.0 Å². The molecule has 0 heterocycles. The van der Waals surface area contributed by atoms with Gasteiger partial charge in [-0.05, 0) is 43.5 Å². The van der Waals surface area contributed by atoms with Crippen LogP contribution < -0.4 is 10.6 Å². The molecule has 0 aliphatic heterocycles. The molecule has 0 radical (unpaired) electrons. The quantitative estimate of drug-likeness (QED) is 0.796. The summed E-state index contributed by atoms with van der Waals surface area (Å²) in [6.07, 6.45) is 0.987. The van der Waals surface area contributed by atoms with E-state index >= 15 is 0 Å². The molecule has 1 saturated carbocycles. The zero-order valence-electron chi connectivity index (χ0n) is 13.7. The first-order valence-electron chi connectivity index (χ1n) is 8.01. The van der Waals surface area contributed by atoms with Crippen molar-refractivity contribution in [2.75, 3.05) is 5.32 Å². The maximum atomic E-state index is 13.2. The minimum atomic E-state index is -1.05. The van der Waals surface area contributed by atoms with Crippen LogP contribution in [0.3, 0.4) is 0 Å². The van der Waals surface area contributed by atoms with Gasteiger partial charge in [-0.2, -0.15) is 0 Å². The predicted molar refractivity (Wildman–Crippen MR) is 94.7 cm³/mol. The standard InChI is InChI=1S/C19H18ClFN2O2/c1-12-3-2-4-13(9-12)11-22-17(24)19(7-8-19)18(25)23-14-5-6-16(21)15(20)10-14/h2-6,9-10H,7-8,11H2,1H3,(H,22,24)(H,23,25). The molecular formula is C19H18ClFN2O2. The van der Waals surface area contributed by atoms with Crippen LogP contribution in [0.2, 0.25) is 5.02 Å². The van der Waals surface area contributed by atoms with Crippen molar-refractivity contribution in [2.24, 2.45) is 5.41 Å². The Morgan fingerprint density at radius 2 is 1.92 bits per heavy atom. The zero-order valence-corrected chi connectivity index (χ0v) is 14.5. The molecule has 25 heavy (non-hydrogen) atoms. The summed E-state index contributed by atoms with van der Waals surface area (Å²) in [5.74, 6) is -1.24. The summed E-state index contributed by atoms with van der Waals surface area (Å²) >= 11 is 5.71. The fourth-order valence-electron chi connectivity index (χ4n) is 2.68. The van der Waals surface area contributed by atoms with Gasteiger partial charge in [0.15, 0.2) is 0 Å². The molecule has 0 unspecified atom stereocenters. The van der Waals surface area contributed by atoms with Crippen molar-refractivity contribution < 1.29 is 14.0 Å². The lowest BCUT2D eigenvalue weighted by atomic mass is 10.0. The molecule has 2 amide bonds. The lowest BCUT2D eigenvalue weighted by molar-refractivity contribution is -0.134. The van der Waals surface area contributed by atoms with Crippen molar-refractivity contribution in [3.05, 3.63) is 64.4 Å². The molecule has 3 rings (SSSR count). The fourth-order valence-corrected chi connectivity index (χ4v) is 2.86. The molecule has 6 heteroatoms. The minimum absolute atomic E-state index is 0.0773. The number of hydrogen-bond acceptors (Lipinski definition) is 2. The Kier molecular flexibility index (Phi) is 4.77. The van der Waals surface area contributed by atoms with E-state index in [1.165, 1.54) is 18.2 Å². The highest BCUT2D eigenvalue weighted by atomic mass is 35.5. The number of rotatable bonds is 5. The Morgan fingerprint density at radius 3 is 2.56 bits per heavy atom. The fraction of sp³-hybridized carbons (Fsp3) is 0.263. The third-order valence-corrected chi connectivity index (χ3v) is 4.62. The molecule has 0 atom stereocenters. The van der Waals surface area contributed by atoms with E-state index in [0.29, 0.717) is 25.1 Å². The monoisotopic (exact) mass is 360 g/mol. The van der Waals surface area contributed by atoms with Crippen LogP contribution >= 0.6 is 11.6 Å². The van der Waals surface area contributed by atoms with Crippen LogP contribution in [0.1, 0.15) is 24.0 Å². The van der Waals surface area contributed by atoms with Crippen LogP contribution in [0.15, 0.2) is 42.5 Å². The molecule has 2 aromatic carbocycles. The Morgan fingerprint density at radius 1 is 1.16 bits per heavy atom. The van der Waals surface area contributed by atoms with E-state index in [2.05, 4.69) is 10.6 Å². The summed E-state index contributed by atoms with van der Waals surface area (Å²) in [4.78, 5) is 25.0. The highest BCUT2D eigenvalue weighted by Gasteiger charge is 2.56. The number of nitrogens with one attached hydrogen (secondary N) is 2. The van der Waals surface area contributed by atoms with Gasteiger partial charge in [-0.15, -0.1) is 0 Å². The van der Waals surface area contributed by atoms with Crippen molar-refractivity contribution in [2.45, 2.75) is 26.3 Å². The molecule has 4 nitrogen and oxygen atoms in total. The number of hydrogen-bond donors (Lipinski definition) is 2. The van der Waals surface area contributed by atoms with Crippen LogP contribution in [0, 0.1) is 18.2 Å². The van der Waals surface area contributed by atoms with Crippen LogP contribution in [0.25, 0.3) is 0 Å². The minimum Gasteiger partial charge on any atom is -0.351 e. The van der Waals surface area contributed by atoms with Gasteiger partial charge in [-0.1, -0.05) is 41.4 Å². The molecule has 2 aromatic rings. The molecule has 1 aliphatic rings. The van der Waals surface area contributed by atoms with Gasteiger partial charge in [0.2, 0.25) is 11.8 Å². The summed E-state index contributed by atoms with van der Waals surface area (Å²) < 4.78 is 13.2. The Bertz CT molecular complexity index is 834. The van der Waals surface area contributed by atoms with E-state index in [4.69, 9.17) is 11.6 Å². The zero-order chi connectivity index (χ0) is 18.0. The number of halogens is 2. The average Bonchev–Trinajstić information content (AvgIpc) is 3.38. The Labute approximate surface area is 150 Å². The van der Waals surface area contributed by atoms with Crippen molar-refractivity contribution in [3.63, 3.8) is 0 Å². The number of aryl methyl sites for hydroxylation is 1. The second-order valence-electron chi connectivity index (χ2n) is 6.34. The smallest absolute Gasteiger partial charge is 0.240 e. The number of carbonyl (C=O) groups is 2. The highest BCUT2D eigenvalue weighted by molar-refractivity contribution is 6.31. The maximum absolute atomic E-state index is 13.2. The molecule has 0 saturated heterocycles. The van der Waals surface area contributed by atoms with Gasteiger partial charge in [0.1, 0.15) is 11.2 Å². The average molecular weight is 361 g/mol. The topological polar surface area (TPSA) is 58.2 Å². The van der Waals surface area contributed by atoms with E-state index < -0.39 is 17.1 Å². The number of benzene rings is 2. The van der Waals surface area contributed by atoms with Gasteiger partial charge in [-0.3, -0.25) is 9.59 Å². The SMILES string of the molecule is Cc1cccc(CNC(=O)C2(C(=O)Nc3ccc(F)c(Cl)c3)CC2)c1.